The second kappa shape index (κ2) is 14.2. The van der Waals surface area contributed by atoms with Gasteiger partial charge < -0.3 is 15.8 Å². The minimum atomic E-state index is 0.755. The Balaban J connectivity index is 0.00000134. The largest absolute Gasteiger partial charge is 0.497 e. The molecule has 0 aliphatic carbocycles. The summed E-state index contributed by atoms with van der Waals surface area (Å²) in [6, 6.07) is 14.1. The zero-order valence-electron chi connectivity index (χ0n) is 15.8. The number of alkyl halides is 1. The van der Waals surface area contributed by atoms with Crippen molar-refractivity contribution >= 4 is 29.1 Å². The topological polar surface area (TPSA) is 47.3 Å². The van der Waals surface area contributed by atoms with Crippen molar-refractivity contribution in [2.24, 2.45) is 0 Å². The number of methoxy groups -OCH3 is 1. The number of benzene rings is 2. The summed E-state index contributed by atoms with van der Waals surface area (Å²) in [5.74, 6) is 0.896. The van der Waals surface area contributed by atoms with E-state index in [-0.39, 0.29) is 0 Å². The maximum Gasteiger partial charge on any atom is 0.118 e. The summed E-state index contributed by atoms with van der Waals surface area (Å²) in [6.45, 7) is 8.71. The van der Waals surface area contributed by atoms with Crippen LogP contribution in [0.4, 0.5) is 11.4 Å². The van der Waals surface area contributed by atoms with Gasteiger partial charge in [0.2, 0.25) is 0 Å². The van der Waals surface area contributed by atoms with Crippen LogP contribution in [0.3, 0.4) is 0 Å². The Morgan fingerprint density at radius 1 is 1.12 bits per heavy atom. The number of ether oxygens (including phenoxy) is 1. The quantitative estimate of drug-likeness (QED) is 0.369. The number of rotatable bonds is 7. The molecule has 2 aromatic rings. The fourth-order valence-corrected chi connectivity index (χ4v) is 2.27. The molecule has 25 heavy (non-hydrogen) atoms. The summed E-state index contributed by atoms with van der Waals surface area (Å²) in [4.78, 5) is 0. The molecule has 0 heterocycles. The van der Waals surface area contributed by atoms with Gasteiger partial charge >= 0.3 is 0 Å². The summed E-state index contributed by atoms with van der Waals surface area (Å²) < 4.78 is 5.16. The normalized spacial score (nSPS) is 9.00. The Morgan fingerprint density at radius 2 is 1.76 bits per heavy atom. The van der Waals surface area contributed by atoms with Crippen molar-refractivity contribution in [1.82, 2.24) is 0 Å². The van der Waals surface area contributed by atoms with E-state index < -0.39 is 0 Å². The van der Waals surface area contributed by atoms with E-state index in [1.807, 2.05) is 44.2 Å². The van der Waals surface area contributed by atoms with Crippen LogP contribution in [0.1, 0.15) is 31.4 Å². The molecule has 2 aromatic carbocycles. The third-order valence-electron chi connectivity index (χ3n) is 3.46. The van der Waals surface area contributed by atoms with Gasteiger partial charge in [-0.05, 0) is 42.7 Å². The molecule has 0 amide bonds. The highest BCUT2D eigenvalue weighted by Gasteiger charge is 2.02. The fourth-order valence-electron chi connectivity index (χ4n) is 2.27. The van der Waals surface area contributed by atoms with Gasteiger partial charge in [0.05, 0.1) is 7.11 Å². The SMILES string of the molecule is C=Cc1c(N)cccc1NCCCc1ccc(OC)cc1.CC.CCl. The summed E-state index contributed by atoms with van der Waals surface area (Å²) in [6.07, 6.45) is 5.35. The zero-order chi connectivity index (χ0) is 19.1. The van der Waals surface area contributed by atoms with E-state index in [1.54, 1.807) is 13.2 Å². The Hall–Kier alpha value is -2.13. The van der Waals surface area contributed by atoms with Crippen LogP contribution in [0.15, 0.2) is 49.0 Å². The molecule has 0 aliphatic heterocycles. The first kappa shape index (κ1) is 22.9. The fraction of sp³-hybridized carbons (Fsp3) is 0.333. The van der Waals surface area contributed by atoms with Gasteiger partial charge in [0.15, 0.2) is 0 Å². The van der Waals surface area contributed by atoms with Gasteiger partial charge in [0.25, 0.3) is 0 Å². The molecule has 0 spiro atoms. The standard InChI is InChI=1S/C18H22N2O.C2H6.CH3Cl/c1-3-16-17(19)7-4-8-18(16)20-13-5-6-14-9-11-15(21-2)12-10-14;2*1-2/h3-4,7-12,20H,1,5-6,13,19H2,2H3;1-2H3;1H3. The molecule has 0 saturated carbocycles. The first-order valence-corrected chi connectivity index (χ1v) is 9.25. The van der Waals surface area contributed by atoms with Crippen molar-refractivity contribution in [2.75, 3.05) is 31.1 Å². The minimum absolute atomic E-state index is 0.755. The molecule has 3 nitrogen and oxygen atoms in total. The van der Waals surface area contributed by atoms with Crippen molar-refractivity contribution in [3.05, 3.63) is 60.2 Å². The zero-order valence-corrected chi connectivity index (χ0v) is 16.6. The van der Waals surface area contributed by atoms with Gasteiger partial charge in [0, 0.05) is 29.9 Å². The lowest BCUT2D eigenvalue weighted by atomic mass is 10.1. The molecule has 2 rings (SSSR count). The number of hydrogen-bond donors (Lipinski definition) is 2. The molecule has 0 atom stereocenters. The molecule has 0 aliphatic rings. The van der Waals surface area contributed by atoms with E-state index >= 15 is 0 Å². The Kier molecular flexibility index (Phi) is 13.0. The highest BCUT2D eigenvalue weighted by molar-refractivity contribution is 6.15. The summed E-state index contributed by atoms with van der Waals surface area (Å²) in [5, 5.41) is 3.42. The van der Waals surface area contributed by atoms with Crippen LogP contribution in [0, 0.1) is 0 Å². The number of anilines is 2. The number of hydrogen-bond acceptors (Lipinski definition) is 3. The van der Waals surface area contributed by atoms with Crippen molar-refractivity contribution in [1.29, 1.82) is 0 Å². The predicted octanol–water partition coefficient (Wildman–Crippen LogP) is 5.85. The second-order valence-electron chi connectivity index (χ2n) is 4.89. The number of nitrogens with two attached hydrogens (primary N) is 1. The summed E-state index contributed by atoms with van der Waals surface area (Å²) in [5.41, 5.74) is 10.0. The molecule has 0 saturated heterocycles. The number of nitrogens with one attached hydrogen (secondary N) is 1. The highest BCUT2D eigenvalue weighted by Crippen LogP contribution is 2.23. The van der Waals surface area contributed by atoms with Gasteiger partial charge in [-0.15, -0.1) is 11.6 Å². The van der Waals surface area contributed by atoms with Crippen LogP contribution in [-0.4, -0.2) is 20.0 Å². The maximum atomic E-state index is 5.93. The Bertz CT molecular complexity index is 597. The molecule has 3 N–H and O–H groups in total. The van der Waals surface area contributed by atoms with Crippen LogP contribution in [0.25, 0.3) is 6.08 Å². The third-order valence-corrected chi connectivity index (χ3v) is 3.46. The first-order chi connectivity index (χ1) is 12.2. The molecule has 4 heteroatoms. The van der Waals surface area contributed by atoms with E-state index in [0.29, 0.717) is 0 Å². The van der Waals surface area contributed by atoms with E-state index in [1.165, 1.54) is 11.9 Å². The smallest absolute Gasteiger partial charge is 0.118 e. The maximum absolute atomic E-state index is 5.93. The van der Waals surface area contributed by atoms with Gasteiger partial charge in [-0.1, -0.05) is 44.7 Å². The lowest BCUT2D eigenvalue weighted by Gasteiger charge is -2.11. The van der Waals surface area contributed by atoms with Gasteiger partial charge in [-0.2, -0.15) is 0 Å². The van der Waals surface area contributed by atoms with Gasteiger partial charge in [-0.25, -0.2) is 0 Å². The first-order valence-electron chi connectivity index (χ1n) is 8.50. The van der Waals surface area contributed by atoms with Crippen molar-refractivity contribution in [3.8, 4) is 5.75 Å². The van der Waals surface area contributed by atoms with Crippen molar-refractivity contribution in [3.63, 3.8) is 0 Å². The summed E-state index contributed by atoms with van der Waals surface area (Å²) in [7, 11) is 1.68. The number of halogens is 1. The van der Waals surface area contributed by atoms with E-state index in [4.69, 9.17) is 10.5 Å². The molecule has 0 fully saturated rings. The number of nitrogen functional groups attached to an aromatic ring is 1. The van der Waals surface area contributed by atoms with Crippen LogP contribution < -0.4 is 15.8 Å². The molecule has 0 unspecified atom stereocenters. The van der Waals surface area contributed by atoms with Crippen LogP contribution in [0.5, 0.6) is 5.75 Å². The minimum Gasteiger partial charge on any atom is -0.497 e. The van der Waals surface area contributed by atoms with Crippen LogP contribution in [-0.2, 0) is 6.42 Å². The van der Waals surface area contributed by atoms with E-state index in [0.717, 1.165) is 42.1 Å². The number of aryl methyl sites for hydroxylation is 1. The Labute approximate surface area is 157 Å². The monoisotopic (exact) mass is 362 g/mol. The lowest BCUT2D eigenvalue weighted by Crippen LogP contribution is -2.05. The van der Waals surface area contributed by atoms with Crippen molar-refractivity contribution in [2.45, 2.75) is 26.7 Å². The average Bonchev–Trinajstić information content (AvgIpc) is 2.69. The summed E-state index contributed by atoms with van der Waals surface area (Å²) >= 11 is 4.64. The lowest BCUT2D eigenvalue weighted by molar-refractivity contribution is 0.414. The van der Waals surface area contributed by atoms with Crippen LogP contribution >= 0.6 is 11.6 Å². The predicted molar refractivity (Wildman–Crippen MR) is 114 cm³/mol. The molecular formula is C21H31ClN2O. The van der Waals surface area contributed by atoms with E-state index in [2.05, 4.69) is 35.6 Å². The van der Waals surface area contributed by atoms with E-state index in [9.17, 15) is 0 Å². The van der Waals surface area contributed by atoms with Gasteiger partial charge in [-0.3, -0.25) is 0 Å². The molecule has 0 bridgehead atoms. The average molecular weight is 363 g/mol. The molecular weight excluding hydrogens is 332 g/mol. The Morgan fingerprint density at radius 3 is 2.32 bits per heavy atom. The second-order valence-corrected chi connectivity index (χ2v) is 4.89. The highest BCUT2D eigenvalue weighted by atomic mass is 35.5. The molecule has 0 aromatic heterocycles. The van der Waals surface area contributed by atoms with Gasteiger partial charge in [0.1, 0.15) is 5.75 Å². The third kappa shape index (κ3) is 7.99. The molecule has 0 radical (unpaired) electrons. The molecule has 138 valence electrons. The van der Waals surface area contributed by atoms with Crippen LogP contribution in [0.2, 0.25) is 0 Å². The van der Waals surface area contributed by atoms with Crippen molar-refractivity contribution < 1.29 is 4.74 Å².